The van der Waals surface area contributed by atoms with Crippen LogP contribution < -0.4 is 4.74 Å². The topological polar surface area (TPSA) is 27.1 Å². The van der Waals surface area contributed by atoms with E-state index in [-0.39, 0.29) is 0 Å². The van der Waals surface area contributed by atoms with Gasteiger partial charge in [-0.1, -0.05) is 82.2 Å². The van der Waals surface area contributed by atoms with Crippen LogP contribution in [0.15, 0.2) is 48.5 Å². The lowest BCUT2D eigenvalue weighted by Crippen LogP contribution is -2.00. The van der Waals surface area contributed by atoms with Gasteiger partial charge in [0.1, 0.15) is 11.6 Å². The van der Waals surface area contributed by atoms with Crippen molar-refractivity contribution in [3.8, 4) is 5.75 Å². The molecule has 0 fully saturated rings. The zero-order valence-corrected chi connectivity index (χ0v) is 17.9. The Morgan fingerprint density at radius 1 is 0.828 bits per heavy atom. The van der Waals surface area contributed by atoms with Gasteiger partial charge in [-0.3, -0.25) is 0 Å². The van der Waals surface area contributed by atoms with E-state index in [1.165, 1.54) is 56.9 Å². The highest BCUT2D eigenvalue weighted by molar-refractivity contribution is 5.79. The third-order valence-electron chi connectivity index (χ3n) is 5.46. The highest BCUT2D eigenvalue weighted by Gasteiger charge is 2.07. The lowest BCUT2D eigenvalue weighted by molar-refractivity contribution is 0.415. The van der Waals surface area contributed by atoms with Crippen LogP contribution in [0.2, 0.25) is 0 Å². The molecule has 1 heterocycles. The summed E-state index contributed by atoms with van der Waals surface area (Å²) in [5.74, 6) is 1.91. The molecule has 0 unspecified atom stereocenters. The van der Waals surface area contributed by atoms with Gasteiger partial charge in [0, 0.05) is 6.54 Å². The predicted molar refractivity (Wildman–Crippen MR) is 124 cm³/mol. The maximum Gasteiger partial charge on any atom is 0.133 e. The fraction of sp³-hybridized carbons (Fsp3) is 0.423. The Morgan fingerprint density at radius 3 is 2.24 bits per heavy atom. The zero-order valence-electron chi connectivity index (χ0n) is 17.9. The van der Waals surface area contributed by atoms with E-state index < -0.39 is 0 Å². The average molecular weight is 391 g/mol. The first kappa shape index (κ1) is 21.2. The van der Waals surface area contributed by atoms with E-state index >= 15 is 0 Å². The molecule has 3 aromatic rings. The van der Waals surface area contributed by atoms with Crippen LogP contribution in [-0.4, -0.2) is 16.7 Å². The maximum absolute atomic E-state index is 5.24. The number of methoxy groups -OCH3 is 1. The molecule has 0 saturated heterocycles. The summed E-state index contributed by atoms with van der Waals surface area (Å²) in [6.07, 6.45) is 14.9. The zero-order chi connectivity index (χ0) is 20.3. The SMILES string of the molecule is CCCCCCCCCCn1c(C=Cc2ccc(OC)cc2)nc2ccccc21. The lowest BCUT2D eigenvalue weighted by atomic mass is 10.1. The van der Waals surface area contributed by atoms with Gasteiger partial charge in [0.2, 0.25) is 0 Å². The van der Waals surface area contributed by atoms with Crippen molar-refractivity contribution in [3.05, 3.63) is 59.9 Å². The normalized spacial score (nSPS) is 11.5. The predicted octanol–water partition coefficient (Wildman–Crippen LogP) is 7.36. The molecule has 3 nitrogen and oxygen atoms in total. The number of hydrogen-bond donors (Lipinski definition) is 0. The molecule has 0 atom stereocenters. The summed E-state index contributed by atoms with van der Waals surface area (Å²) in [7, 11) is 1.69. The number of rotatable bonds is 12. The number of aryl methyl sites for hydroxylation is 1. The number of nitrogens with zero attached hydrogens (tertiary/aromatic N) is 2. The first-order chi connectivity index (χ1) is 14.3. The van der Waals surface area contributed by atoms with Crippen LogP contribution in [0.3, 0.4) is 0 Å². The van der Waals surface area contributed by atoms with Crippen molar-refractivity contribution < 1.29 is 4.74 Å². The molecule has 2 aromatic carbocycles. The van der Waals surface area contributed by atoms with Crippen LogP contribution in [0.4, 0.5) is 0 Å². The van der Waals surface area contributed by atoms with E-state index in [1.54, 1.807) is 7.11 Å². The van der Waals surface area contributed by atoms with Gasteiger partial charge in [0.05, 0.1) is 18.1 Å². The van der Waals surface area contributed by atoms with Crippen LogP contribution in [0.1, 0.15) is 69.7 Å². The standard InChI is InChI=1S/C26H34N2O/c1-3-4-5-6-7-8-9-12-21-28-25-14-11-10-13-24(25)27-26(28)20-17-22-15-18-23(29-2)19-16-22/h10-11,13-20H,3-9,12,21H2,1-2H3. The van der Waals surface area contributed by atoms with Crippen molar-refractivity contribution in [3.63, 3.8) is 0 Å². The van der Waals surface area contributed by atoms with Gasteiger partial charge in [0.25, 0.3) is 0 Å². The van der Waals surface area contributed by atoms with Crippen molar-refractivity contribution in [2.24, 2.45) is 0 Å². The third-order valence-corrected chi connectivity index (χ3v) is 5.46. The summed E-state index contributed by atoms with van der Waals surface area (Å²) < 4.78 is 7.61. The van der Waals surface area contributed by atoms with Crippen LogP contribution >= 0.6 is 0 Å². The van der Waals surface area contributed by atoms with Gasteiger partial charge < -0.3 is 9.30 Å². The molecular weight excluding hydrogens is 356 g/mol. The van der Waals surface area contributed by atoms with Gasteiger partial charge in [0.15, 0.2) is 0 Å². The Kier molecular flexibility index (Phi) is 8.36. The second-order valence-electron chi connectivity index (χ2n) is 7.69. The second-order valence-corrected chi connectivity index (χ2v) is 7.69. The number of aromatic nitrogens is 2. The Labute approximate surface area is 175 Å². The molecule has 1 aromatic heterocycles. The van der Waals surface area contributed by atoms with Gasteiger partial charge >= 0.3 is 0 Å². The quantitative estimate of drug-likeness (QED) is 0.302. The fourth-order valence-corrected chi connectivity index (χ4v) is 3.75. The molecule has 0 radical (unpaired) electrons. The Balaban J connectivity index is 1.63. The van der Waals surface area contributed by atoms with E-state index in [2.05, 4.69) is 60.0 Å². The third kappa shape index (κ3) is 6.22. The van der Waals surface area contributed by atoms with Crippen LogP contribution in [-0.2, 0) is 6.54 Å². The highest BCUT2D eigenvalue weighted by Crippen LogP contribution is 2.20. The number of imidazole rings is 1. The molecule has 3 heteroatoms. The van der Waals surface area contributed by atoms with Crippen molar-refractivity contribution >= 4 is 23.2 Å². The number of hydrogen-bond acceptors (Lipinski definition) is 2. The molecule has 3 rings (SSSR count). The highest BCUT2D eigenvalue weighted by atomic mass is 16.5. The Hall–Kier alpha value is -2.55. The second kappa shape index (κ2) is 11.5. The summed E-state index contributed by atoms with van der Waals surface area (Å²) >= 11 is 0. The first-order valence-electron chi connectivity index (χ1n) is 11.1. The smallest absolute Gasteiger partial charge is 0.133 e. The minimum atomic E-state index is 0.879. The van der Waals surface area contributed by atoms with Crippen molar-refractivity contribution in [2.45, 2.75) is 64.8 Å². The van der Waals surface area contributed by atoms with E-state index in [0.717, 1.165) is 29.2 Å². The van der Waals surface area contributed by atoms with Gasteiger partial charge in [-0.15, -0.1) is 0 Å². The summed E-state index contributed by atoms with van der Waals surface area (Å²) in [6.45, 7) is 3.30. The first-order valence-corrected chi connectivity index (χ1v) is 11.1. The molecule has 29 heavy (non-hydrogen) atoms. The molecule has 0 spiro atoms. The van der Waals surface area contributed by atoms with Gasteiger partial charge in [-0.25, -0.2) is 4.98 Å². The fourth-order valence-electron chi connectivity index (χ4n) is 3.75. The van der Waals surface area contributed by atoms with Crippen molar-refractivity contribution in [1.29, 1.82) is 0 Å². The van der Waals surface area contributed by atoms with Crippen LogP contribution in [0.25, 0.3) is 23.2 Å². The number of benzene rings is 2. The number of para-hydroxylation sites is 2. The monoisotopic (exact) mass is 390 g/mol. The maximum atomic E-state index is 5.24. The summed E-state index contributed by atoms with van der Waals surface area (Å²) in [4.78, 5) is 4.86. The molecule has 154 valence electrons. The average Bonchev–Trinajstić information content (AvgIpc) is 3.12. The molecular formula is C26H34N2O. The van der Waals surface area contributed by atoms with Crippen LogP contribution in [0, 0.1) is 0 Å². The van der Waals surface area contributed by atoms with E-state index in [0.29, 0.717) is 0 Å². The number of unbranched alkanes of at least 4 members (excludes halogenated alkanes) is 7. The Morgan fingerprint density at radius 2 is 1.52 bits per heavy atom. The molecule has 0 aliphatic heterocycles. The lowest BCUT2D eigenvalue weighted by Gasteiger charge is -2.07. The van der Waals surface area contributed by atoms with Gasteiger partial charge in [-0.2, -0.15) is 0 Å². The summed E-state index contributed by atoms with van der Waals surface area (Å²) in [5.41, 5.74) is 3.45. The number of fused-ring (bicyclic) bond motifs is 1. The number of ether oxygens (including phenoxy) is 1. The van der Waals surface area contributed by atoms with E-state index in [1.807, 2.05) is 12.1 Å². The summed E-state index contributed by atoms with van der Waals surface area (Å²) in [5, 5.41) is 0. The molecule has 0 aliphatic rings. The van der Waals surface area contributed by atoms with Crippen molar-refractivity contribution in [2.75, 3.05) is 7.11 Å². The summed E-state index contributed by atoms with van der Waals surface area (Å²) in [6, 6.07) is 16.6. The minimum absolute atomic E-state index is 0.879. The molecule has 0 saturated carbocycles. The Bertz CT molecular complexity index is 893. The van der Waals surface area contributed by atoms with Crippen molar-refractivity contribution in [1.82, 2.24) is 9.55 Å². The van der Waals surface area contributed by atoms with Crippen LogP contribution in [0.5, 0.6) is 5.75 Å². The largest absolute Gasteiger partial charge is 0.497 e. The minimum Gasteiger partial charge on any atom is -0.497 e. The molecule has 0 amide bonds. The van der Waals surface area contributed by atoms with E-state index in [9.17, 15) is 0 Å². The van der Waals surface area contributed by atoms with Gasteiger partial charge in [-0.05, 0) is 42.3 Å². The van der Waals surface area contributed by atoms with E-state index in [4.69, 9.17) is 9.72 Å². The molecule has 0 aliphatic carbocycles. The molecule has 0 bridgehead atoms. The molecule has 0 N–H and O–H groups in total.